The summed E-state index contributed by atoms with van der Waals surface area (Å²) in [4.78, 5) is 14.9. The molecule has 3 aromatic rings. The molecule has 3 rings (SSSR count). The molecule has 7 nitrogen and oxygen atoms in total. The van der Waals surface area contributed by atoms with Crippen LogP contribution in [0.3, 0.4) is 0 Å². The minimum atomic E-state index is -0.531. The minimum Gasteiger partial charge on any atom is -0.318 e. The van der Waals surface area contributed by atoms with Gasteiger partial charge in [-0.1, -0.05) is 35.9 Å². The van der Waals surface area contributed by atoms with Crippen LogP contribution in [0.15, 0.2) is 48.5 Å². The molecule has 0 radical (unpaired) electrons. The molecule has 1 atom stereocenters. The largest absolute Gasteiger partial charge is 0.318 e. The van der Waals surface area contributed by atoms with E-state index < -0.39 is 11.0 Å². The SMILES string of the molecule is NC(c1ccc(Cl)cc1)c1nc(-c2ccccc2[N+](=O)[O-])n[nH]1. The van der Waals surface area contributed by atoms with Crippen LogP contribution in [0.25, 0.3) is 11.4 Å². The molecule has 0 spiro atoms. The second-order valence-corrected chi connectivity index (χ2v) is 5.28. The number of nitrogens with zero attached hydrogens (tertiary/aromatic N) is 3. The summed E-state index contributed by atoms with van der Waals surface area (Å²) in [7, 11) is 0. The number of H-pyrrole nitrogens is 1. The van der Waals surface area contributed by atoms with Crippen molar-refractivity contribution in [2.24, 2.45) is 5.73 Å². The van der Waals surface area contributed by atoms with E-state index in [4.69, 9.17) is 17.3 Å². The van der Waals surface area contributed by atoms with Crippen LogP contribution in [-0.4, -0.2) is 20.1 Å². The zero-order valence-electron chi connectivity index (χ0n) is 11.8. The maximum absolute atomic E-state index is 11.1. The van der Waals surface area contributed by atoms with Crippen LogP contribution in [0, 0.1) is 10.1 Å². The highest BCUT2D eigenvalue weighted by molar-refractivity contribution is 6.30. The first-order chi connectivity index (χ1) is 11.1. The number of aromatic amines is 1. The molecule has 0 aliphatic heterocycles. The fourth-order valence-corrected chi connectivity index (χ4v) is 2.31. The first-order valence-corrected chi connectivity index (χ1v) is 7.11. The molecule has 0 aliphatic rings. The number of halogens is 1. The van der Waals surface area contributed by atoms with Gasteiger partial charge in [-0.05, 0) is 23.8 Å². The Kier molecular flexibility index (Phi) is 4.05. The van der Waals surface area contributed by atoms with E-state index in [9.17, 15) is 10.1 Å². The van der Waals surface area contributed by atoms with E-state index in [-0.39, 0.29) is 11.5 Å². The van der Waals surface area contributed by atoms with Crippen LogP contribution in [0.1, 0.15) is 17.4 Å². The summed E-state index contributed by atoms with van der Waals surface area (Å²) in [5, 5.41) is 18.5. The topological polar surface area (TPSA) is 111 Å². The van der Waals surface area contributed by atoms with Crippen molar-refractivity contribution in [2.75, 3.05) is 0 Å². The van der Waals surface area contributed by atoms with Crippen LogP contribution >= 0.6 is 11.6 Å². The molecular weight excluding hydrogens is 318 g/mol. The summed E-state index contributed by atoms with van der Waals surface area (Å²) in [6, 6.07) is 12.8. The van der Waals surface area contributed by atoms with Gasteiger partial charge in [-0.2, -0.15) is 5.10 Å². The van der Waals surface area contributed by atoms with E-state index in [2.05, 4.69) is 15.2 Å². The number of nitrogens with one attached hydrogen (secondary N) is 1. The quantitative estimate of drug-likeness (QED) is 0.564. The predicted molar refractivity (Wildman–Crippen MR) is 86.0 cm³/mol. The van der Waals surface area contributed by atoms with Gasteiger partial charge in [-0.25, -0.2) is 4.98 Å². The molecule has 3 N–H and O–H groups in total. The normalized spacial score (nSPS) is 12.1. The lowest BCUT2D eigenvalue weighted by atomic mass is 10.1. The molecule has 8 heteroatoms. The van der Waals surface area contributed by atoms with Gasteiger partial charge >= 0.3 is 0 Å². The van der Waals surface area contributed by atoms with E-state index in [1.54, 1.807) is 42.5 Å². The van der Waals surface area contributed by atoms with Crippen LogP contribution in [0.5, 0.6) is 0 Å². The third kappa shape index (κ3) is 3.05. The van der Waals surface area contributed by atoms with Crippen LogP contribution in [-0.2, 0) is 0 Å². The zero-order chi connectivity index (χ0) is 16.4. The molecule has 0 aliphatic carbocycles. The number of hydrogen-bond acceptors (Lipinski definition) is 5. The lowest BCUT2D eigenvalue weighted by Crippen LogP contribution is -2.13. The Morgan fingerprint density at radius 2 is 1.87 bits per heavy atom. The Hall–Kier alpha value is -2.77. The highest BCUT2D eigenvalue weighted by Crippen LogP contribution is 2.28. The number of nitro groups is 1. The van der Waals surface area contributed by atoms with Gasteiger partial charge in [0.05, 0.1) is 16.5 Å². The number of nitro benzene ring substituents is 1. The fourth-order valence-electron chi connectivity index (χ4n) is 2.18. The molecule has 0 saturated carbocycles. The molecule has 1 heterocycles. The molecule has 0 bridgehead atoms. The second kappa shape index (κ2) is 6.15. The third-order valence-corrected chi connectivity index (χ3v) is 3.62. The van der Waals surface area contributed by atoms with Crippen LogP contribution in [0.2, 0.25) is 5.02 Å². The minimum absolute atomic E-state index is 0.0573. The third-order valence-electron chi connectivity index (χ3n) is 3.37. The van der Waals surface area contributed by atoms with Crippen molar-refractivity contribution in [3.8, 4) is 11.4 Å². The zero-order valence-corrected chi connectivity index (χ0v) is 12.6. The number of benzene rings is 2. The molecule has 23 heavy (non-hydrogen) atoms. The first-order valence-electron chi connectivity index (χ1n) is 6.73. The van der Waals surface area contributed by atoms with E-state index >= 15 is 0 Å². The molecule has 0 fully saturated rings. The van der Waals surface area contributed by atoms with Gasteiger partial charge in [-0.3, -0.25) is 15.2 Å². The monoisotopic (exact) mass is 329 g/mol. The Morgan fingerprint density at radius 1 is 1.17 bits per heavy atom. The average Bonchev–Trinajstić information content (AvgIpc) is 3.04. The van der Waals surface area contributed by atoms with Crippen molar-refractivity contribution in [3.63, 3.8) is 0 Å². The fraction of sp³-hybridized carbons (Fsp3) is 0.0667. The summed E-state index contributed by atoms with van der Waals surface area (Å²) in [6.07, 6.45) is 0. The molecule has 0 saturated heterocycles. The highest BCUT2D eigenvalue weighted by atomic mass is 35.5. The van der Waals surface area contributed by atoms with E-state index in [1.165, 1.54) is 6.07 Å². The van der Waals surface area contributed by atoms with Crippen molar-refractivity contribution >= 4 is 17.3 Å². The van der Waals surface area contributed by atoms with E-state index in [1.807, 2.05) is 0 Å². The number of para-hydroxylation sites is 1. The Balaban J connectivity index is 1.95. The molecule has 1 unspecified atom stereocenters. The Labute approximate surface area is 136 Å². The van der Waals surface area contributed by atoms with Gasteiger partial charge in [0, 0.05) is 11.1 Å². The predicted octanol–water partition coefficient (Wildman–Crippen LogP) is 3.08. The second-order valence-electron chi connectivity index (χ2n) is 4.85. The average molecular weight is 330 g/mol. The summed E-state index contributed by atoms with van der Waals surface area (Å²) < 4.78 is 0. The highest BCUT2D eigenvalue weighted by Gasteiger charge is 2.20. The number of hydrogen-bond donors (Lipinski definition) is 2. The smallest absolute Gasteiger partial charge is 0.280 e. The van der Waals surface area contributed by atoms with Crippen LogP contribution in [0.4, 0.5) is 5.69 Å². The summed E-state index contributed by atoms with van der Waals surface area (Å²) in [5.41, 5.74) is 7.23. The van der Waals surface area contributed by atoms with Gasteiger partial charge in [0.2, 0.25) is 0 Å². The van der Waals surface area contributed by atoms with Gasteiger partial charge in [0.1, 0.15) is 5.82 Å². The number of rotatable bonds is 4. The maximum atomic E-state index is 11.1. The lowest BCUT2D eigenvalue weighted by Gasteiger charge is -2.08. The van der Waals surface area contributed by atoms with Gasteiger partial charge in [0.25, 0.3) is 5.69 Å². The standard InChI is InChI=1S/C15H12ClN5O2/c16-10-7-5-9(6-8-10)13(17)15-18-14(19-20-15)11-3-1-2-4-12(11)21(22)23/h1-8,13H,17H2,(H,18,19,20). The summed E-state index contributed by atoms with van der Waals surface area (Å²) >= 11 is 5.85. The van der Waals surface area contributed by atoms with E-state index in [0.717, 1.165) is 5.56 Å². The van der Waals surface area contributed by atoms with Crippen molar-refractivity contribution < 1.29 is 4.92 Å². The van der Waals surface area contributed by atoms with Crippen LogP contribution < -0.4 is 5.73 Å². The van der Waals surface area contributed by atoms with Gasteiger partial charge in [0.15, 0.2) is 5.82 Å². The molecule has 1 aromatic heterocycles. The van der Waals surface area contributed by atoms with Gasteiger partial charge in [-0.15, -0.1) is 0 Å². The van der Waals surface area contributed by atoms with Crippen molar-refractivity contribution in [1.29, 1.82) is 0 Å². The van der Waals surface area contributed by atoms with Crippen molar-refractivity contribution in [2.45, 2.75) is 6.04 Å². The maximum Gasteiger partial charge on any atom is 0.280 e. The molecular formula is C15H12ClN5O2. The molecule has 0 amide bonds. The summed E-state index contributed by atoms with van der Waals surface area (Å²) in [5.74, 6) is 0.650. The Morgan fingerprint density at radius 3 is 2.57 bits per heavy atom. The molecule has 116 valence electrons. The summed E-state index contributed by atoms with van der Waals surface area (Å²) in [6.45, 7) is 0. The van der Waals surface area contributed by atoms with E-state index in [0.29, 0.717) is 16.4 Å². The first kappa shape index (κ1) is 15.1. The number of aromatic nitrogens is 3. The lowest BCUT2D eigenvalue weighted by molar-refractivity contribution is -0.384. The molecule has 2 aromatic carbocycles. The van der Waals surface area contributed by atoms with Gasteiger partial charge < -0.3 is 5.73 Å². The Bertz CT molecular complexity index is 847. The van der Waals surface area contributed by atoms with Crippen molar-refractivity contribution in [3.05, 3.63) is 75.1 Å². The number of nitrogens with two attached hydrogens (primary N) is 1. The van der Waals surface area contributed by atoms with Crippen molar-refractivity contribution in [1.82, 2.24) is 15.2 Å².